The smallest absolute Gasteiger partial charge is 0.203 e. The molecule has 7 heteroatoms. The lowest BCUT2D eigenvalue weighted by Gasteiger charge is -2.38. The van der Waals surface area contributed by atoms with E-state index in [2.05, 4.69) is 15.9 Å². The van der Waals surface area contributed by atoms with E-state index < -0.39 is 0 Å². The lowest BCUT2D eigenvalue weighted by molar-refractivity contribution is 0.0852. The molecule has 7 nitrogen and oxygen atoms in total. The highest BCUT2D eigenvalue weighted by Crippen LogP contribution is 2.45. The summed E-state index contributed by atoms with van der Waals surface area (Å²) in [6.07, 6.45) is 1.60. The van der Waals surface area contributed by atoms with Gasteiger partial charge in [0.1, 0.15) is 5.75 Å². The summed E-state index contributed by atoms with van der Waals surface area (Å²) in [5, 5.41) is 0. The maximum Gasteiger partial charge on any atom is 0.203 e. The van der Waals surface area contributed by atoms with Crippen LogP contribution >= 0.6 is 0 Å². The molecule has 0 bridgehead atoms. The molecule has 1 aliphatic heterocycles. The number of hydrogen-bond donors (Lipinski definition) is 0. The van der Waals surface area contributed by atoms with Crippen LogP contribution in [0.15, 0.2) is 30.3 Å². The molecular weight excluding hydrogens is 408 g/mol. The molecule has 2 aliphatic rings. The second-order valence-corrected chi connectivity index (χ2v) is 8.23. The fourth-order valence-corrected chi connectivity index (χ4v) is 4.90. The third-order valence-corrected chi connectivity index (χ3v) is 6.59. The number of para-hydroxylation sites is 2. The highest BCUT2D eigenvalue weighted by Gasteiger charge is 2.34. The molecule has 1 heterocycles. The van der Waals surface area contributed by atoms with E-state index >= 15 is 0 Å². The van der Waals surface area contributed by atoms with Crippen LogP contribution in [0.4, 0.5) is 5.69 Å². The molecule has 0 N–H and O–H groups in total. The van der Waals surface area contributed by atoms with Gasteiger partial charge in [0, 0.05) is 49.8 Å². The number of ketones is 1. The topological polar surface area (TPSA) is 60.5 Å². The Morgan fingerprint density at radius 3 is 2.22 bits per heavy atom. The van der Waals surface area contributed by atoms with Crippen LogP contribution in [0.3, 0.4) is 0 Å². The number of carbonyl (C=O) groups is 1. The summed E-state index contributed by atoms with van der Waals surface area (Å²) in [7, 11) is 6.48. The van der Waals surface area contributed by atoms with Crippen molar-refractivity contribution in [2.45, 2.75) is 12.8 Å². The highest BCUT2D eigenvalue weighted by atomic mass is 16.5. The Balaban J connectivity index is 1.45. The number of nitrogens with zero attached hydrogens (tertiary/aromatic N) is 2. The van der Waals surface area contributed by atoms with Gasteiger partial charge in [0.15, 0.2) is 17.3 Å². The predicted molar refractivity (Wildman–Crippen MR) is 124 cm³/mol. The zero-order valence-corrected chi connectivity index (χ0v) is 19.3. The van der Waals surface area contributed by atoms with Crippen molar-refractivity contribution in [2.75, 3.05) is 66.1 Å². The number of benzene rings is 2. The van der Waals surface area contributed by atoms with Crippen LogP contribution in [0.5, 0.6) is 23.0 Å². The van der Waals surface area contributed by atoms with Crippen LogP contribution in [0, 0.1) is 5.92 Å². The van der Waals surface area contributed by atoms with E-state index in [1.54, 1.807) is 28.4 Å². The first-order chi connectivity index (χ1) is 15.6. The quantitative estimate of drug-likeness (QED) is 0.655. The molecule has 0 aromatic heterocycles. The lowest BCUT2D eigenvalue weighted by Crippen LogP contribution is -2.49. The Kier molecular flexibility index (Phi) is 6.74. The first-order valence-electron chi connectivity index (χ1n) is 11.1. The Labute approximate surface area is 189 Å². The molecular formula is C25H32N2O5. The summed E-state index contributed by atoms with van der Waals surface area (Å²) in [5.74, 6) is 2.73. The molecule has 0 radical (unpaired) electrons. The van der Waals surface area contributed by atoms with Gasteiger partial charge >= 0.3 is 0 Å². The summed E-state index contributed by atoms with van der Waals surface area (Å²) >= 11 is 0. The number of carbonyl (C=O) groups excluding carboxylic acids is 1. The molecule has 0 spiro atoms. The fraction of sp³-hybridized carbons (Fsp3) is 0.480. The number of methoxy groups -OCH3 is 4. The summed E-state index contributed by atoms with van der Waals surface area (Å²) in [6, 6.07) is 9.94. The van der Waals surface area contributed by atoms with Crippen molar-refractivity contribution >= 4 is 11.5 Å². The van der Waals surface area contributed by atoms with Crippen molar-refractivity contribution in [2.24, 2.45) is 5.92 Å². The minimum Gasteiger partial charge on any atom is -0.495 e. The van der Waals surface area contributed by atoms with E-state index in [9.17, 15) is 4.79 Å². The third-order valence-electron chi connectivity index (χ3n) is 6.59. The van der Waals surface area contributed by atoms with Crippen molar-refractivity contribution in [3.8, 4) is 23.0 Å². The second-order valence-electron chi connectivity index (χ2n) is 8.23. The van der Waals surface area contributed by atoms with Gasteiger partial charge in [-0.2, -0.15) is 0 Å². The van der Waals surface area contributed by atoms with E-state index in [0.717, 1.165) is 62.6 Å². The maximum absolute atomic E-state index is 13.4. The van der Waals surface area contributed by atoms with Gasteiger partial charge in [0.2, 0.25) is 5.75 Å². The summed E-state index contributed by atoms with van der Waals surface area (Å²) < 4.78 is 22.1. The first-order valence-corrected chi connectivity index (χ1v) is 11.1. The lowest BCUT2D eigenvalue weighted by atomic mass is 9.81. The first kappa shape index (κ1) is 22.3. The van der Waals surface area contributed by atoms with Gasteiger partial charge in [-0.1, -0.05) is 12.1 Å². The van der Waals surface area contributed by atoms with Gasteiger partial charge in [-0.3, -0.25) is 9.69 Å². The average Bonchev–Trinajstić information content (AvgIpc) is 2.85. The van der Waals surface area contributed by atoms with E-state index in [0.29, 0.717) is 22.8 Å². The van der Waals surface area contributed by atoms with Crippen LogP contribution in [0.2, 0.25) is 0 Å². The number of anilines is 1. The van der Waals surface area contributed by atoms with Crippen LogP contribution in [-0.2, 0) is 6.42 Å². The second kappa shape index (κ2) is 9.69. The Hall–Kier alpha value is -2.93. The van der Waals surface area contributed by atoms with Gasteiger partial charge < -0.3 is 23.8 Å². The molecule has 0 saturated carbocycles. The fourth-order valence-electron chi connectivity index (χ4n) is 4.90. The van der Waals surface area contributed by atoms with E-state index in [1.807, 2.05) is 24.3 Å². The molecule has 1 aliphatic carbocycles. The van der Waals surface area contributed by atoms with Gasteiger partial charge in [-0.05, 0) is 31.0 Å². The Morgan fingerprint density at radius 1 is 0.875 bits per heavy atom. The molecule has 2 aromatic rings. The largest absolute Gasteiger partial charge is 0.495 e. The van der Waals surface area contributed by atoms with Gasteiger partial charge in [0.25, 0.3) is 0 Å². The zero-order chi connectivity index (χ0) is 22.7. The third kappa shape index (κ3) is 4.09. The van der Waals surface area contributed by atoms with E-state index in [1.165, 1.54) is 0 Å². The number of hydrogen-bond acceptors (Lipinski definition) is 7. The predicted octanol–water partition coefficient (Wildman–Crippen LogP) is 3.29. The van der Waals surface area contributed by atoms with Gasteiger partial charge in [0.05, 0.1) is 34.1 Å². The molecule has 1 atom stereocenters. The summed E-state index contributed by atoms with van der Waals surface area (Å²) in [5.41, 5.74) is 2.75. The minimum absolute atomic E-state index is 0.0249. The van der Waals surface area contributed by atoms with E-state index in [-0.39, 0.29) is 11.7 Å². The monoisotopic (exact) mass is 440 g/mol. The van der Waals surface area contributed by atoms with Crippen molar-refractivity contribution in [3.63, 3.8) is 0 Å². The molecule has 172 valence electrons. The zero-order valence-electron chi connectivity index (χ0n) is 19.3. The van der Waals surface area contributed by atoms with Crippen molar-refractivity contribution < 1.29 is 23.7 Å². The number of fused-ring (bicyclic) bond motifs is 1. The van der Waals surface area contributed by atoms with Crippen LogP contribution in [-0.4, -0.2) is 71.8 Å². The Morgan fingerprint density at radius 2 is 1.56 bits per heavy atom. The summed E-state index contributed by atoms with van der Waals surface area (Å²) in [6.45, 7) is 4.44. The molecule has 1 unspecified atom stereocenters. The maximum atomic E-state index is 13.4. The number of ether oxygens (including phenoxy) is 4. The highest BCUT2D eigenvalue weighted by molar-refractivity contribution is 6.02. The molecule has 1 fully saturated rings. The van der Waals surface area contributed by atoms with Crippen molar-refractivity contribution in [3.05, 3.63) is 41.5 Å². The summed E-state index contributed by atoms with van der Waals surface area (Å²) in [4.78, 5) is 18.1. The van der Waals surface area contributed by atoms with Crippen LogP contribution in [0.25, 0.3) is 0 Å². The minimum atomic E-state index is -0.0249. The van der Waals surface area contributed by atoms with Crippen molar-refractivity contribution in [1.82, 2.24) is 4.90 Å². The van der Waals surface area contributed by atoms with Crippen molar-refractivity contribution in [1.29, 1.82) is 0 Å². The van der Waals surface area contributed by atoms with Gasteiger partial charge in [-0.15, -0.1) is 0 Å². The number of Topliss-reactive ketones (excluding diaryl/α,β-unsaturated/α-hetero) is 1. The average molecular weight is 441 g/mol. The molecule has 1 saturated heterocycles. The molecule has 2 aromatic carbocycles. The molecule has 0 amide bonds. The number of piperazine rings is 1. The Bertz CT molecular complexity index is 969. The number of rotatable bonds is 7. The van der Waals surface area contributed by atoms with E-state index in [4.69, 9.17) is 18.9 Å². The molecule has 4 rings (SSSR count). The normalized spacial score (nSPS) is 18.8. The van der Waals surface area contributed by atoms with Crippen LogP contribution < -0.4 is 23.8 Å². The van der Waals surface area contributed by atoms with Gasteiger partial charge in [-0.25, -0.2) is 0 Å². The molecule has 32 heavy (non-hydrogen) atoms. The SMILES string of the molecule is COc1ccccc1N1CCN(CC2CCc3c(cc(OC)c(OC)c3OC)C2=O)CC1. The standard InChI is InChI=1S/C25H32N2O5/c1-29-21-8-6-5-7-20(21)27-13-11-26(12-14-27)16-17-9-10-18-19(23(17)28)15-22(30-2)25(32-4)24(18)31-3/h5-8,15,17H,9-14,16H2,1-4H3. The van der Waals surface area contributed by atoms with Crippen LogP contribution in [0.1, 0.15) is 22.3 Å².